The standard InChI is InChI=1S/C11H16N6OS/c1-4-7-8(12)13-5-14-9(7)19-11-16-15-10(18)17(11)6(2)3/h5-6H,4H2,1-3H3,(H,15,18)(H2,12,13,14). The predicted molar refractivity (Wildman–Crippen MR) is 73.2 cm³/mol. The van der Waals surface area contributed by atoms with Crippen LogP contribution in [0.15, 0.2) is 21.3 Å². The maximum Gasteiger partial charge on any atom is 0.344 e. The molecule has 0 saturated carbocycles. The van der Waals surface area contributed by atoms with E-state index in [1.807, 2.05) is 20.8 Å². The summed E-state index contributed by atoms with van der Waals surface area (Å²) in [5.41, 5.74) is 6.48. The molecular formula is C11H16N6OS. The fourth-order valence-electron chi connectivity index (χ4n) is 1.73. The van der Waals surface area contributed by atoms with Crippen molar-refractivity contribution in [2.24, 2.45) is 0 Å². The molecule has 7 nitrogen and oxygen atoms in total. The molecule has 2 aromatic rings. The zero-order valence-corrected chi connectivity index (χ0v) is 11.9. The number of nitrogens with one attached hydrogen (secondary N) is 1. The first-order valence-electron chi connectivity index (χ1n) is 5.98. The second kappa shape index (κ2) is 5.43. The Morgan fingerprint density at radius 1 is 1.47 bits per heavy atom. The van der Waals surface area contributed by atoms with Gasteiger partial charge in [0.05, 0.1) is 0 Å². The van der Waals surface area contributed by atoms with E-state index < -0.39 is 0 Å². The van der Waals surface area contributed by atoms with Crippen LogP contribution in [-0.4, -0.2) is 24.7 Å². The lowest BCUT2D eigenvalue weighted by atomic mass is 10.2. The molecular weight excluding hydrogens is 264 g/mol. The number of nitrogens with two attached hydrogens (primary N) is 1. The van der Waals surface area contributed by atoms with E-state index >= 15 is 0 Å². The molecule has 3 N–H and O–H groups in total. The number of anilines is 1. The van der Waals surface area contributed by atoms with Crippen LogP contribution in [0.1, 0.15) is 32.4 Å². The molecule has 0 saturated heterocycles. The number of nitrogens with zero attached hydrogens (tertiary/aromatic N) is 4. The van der Waals surface area contributed by atoms with E-state index in [1.54, 1.807) is 4.57 Å². The molecule has 0 aliphatic carbocycles. The number of nitrogen functional groups attached to an aromatic ring is 1. The van der Waals surface area contributed by atoms with Gasteiger partial charge in [-0.1, -0.05) is 6.92 Å². The van der Waals surface area contributed by atoms with Crippen molar-refractivity contribution < 1.29 is 0 Å². The Kier molecular flexibility index (Phi) is 3.89. The van der Waals surface area contributed by atoms with Crippen molar-refractivity contribution in [3.05, 3.63) is 22.4 Å². The average molecular weight is 280 g/mol. The molecule has 102 valence electrons. The van der Waals surface area contributed by atoms with E-state index in [0.717, 1.165) is 17.0 Å². The van der Waals surface area contributed by atoms with Crippen molar-refractivity contribution in [2.45, 2.75) is 43.4 Å². The Morgan fingerprint density at radius 3 is 2.84 bits per heavy atom. The normalized spacial score (nSPS) is 11.2. The Morgan fingerprint density at radius 2 is 2.21 bits per heavy atom. The van der Waals surface area contributed by atoms with Crippen LogP contribution in [0, 0.1) is 0 Å². The summed E-state index contributed by atoms with van der Waals surface area (Å²) in [5.74, 6) is 0.467. The Balaban J connectivity index is 2.42. The van der Waals surface area contributed by atoms with Gasteiger partial charge in [0, 0.05) is 11.6 Å². The molecule has 2 heterocycles. The minimum absolute atomic E-state index is 0.0259. The number of aromatic nitrogens is 5. The largest absolute Gasteiger partial charge is 0.383 e. The summed E-state index contributed by atoms with van der Waals surface area (Å²) in [4.78, 5) is 19.9. The van der Waals surface area contributed by atoms with Gasteiger partial charge in [-0.25, -0.2) is 19.9 Å². The second-order valence-electron chi connectivity index (χ2n) is 4.27. The van der Waals surface area contributed by atoms with Crippen molar-refractivity contribution in [1.29, 1.82) is 0 Å². The summed E-state index contributed by atoms with van der Waals surface area (Å²) < 4.78 is 1.59. The summed E-state index contributed by atoms with van der Waals surface area (Å²) in [5, 5.41) is 7.79. The summed E-state index contributed by atoms with van der Waals surface area (Å²) in [6, 6.07) is 0.0259. The molecule has 0 amide bonds. The maximum absolute atomic E-state index is 11.7. The molecule has 0 atom stereocenters. The number of hydrogen-bond donors (Lipinski definition) is 2. The Bertz CT molecular complexity index is 632. The number of aromatic amines is 1. The molecule has 2 aromatic heterocycles. The monoisotopic (exact) mass is 280 g/mol. The van der Waals surface area contributed by atoms with E-state index in [2.05, 4.69) is 20.2 Å². The Labute approximate surface area is 114 Å². The van der Waals surface area contributed by atoms with Crippen molar-refractivity contribution in [1.82, 2.24) is 24.7 Å². The van der Waals surface area contributed by atoms with Crippen molar-refractivity contribution in [3.63, 3.8) is 0 Å². The topological polar surface area (TPSA) is 102 Å². The predicted octanol–water partition coefficient (Wildman–Crippen LogP) is 1.24. The quantitative estimate of drug-likeness (QED) is 0.817. The van der Waals surface area contributed by atoms with Crippen LogP contribution in [0.5, 0.6) is 0 Å². The molecule has 2 rings (SSSR count). The van der Waals surface area contributed by atoms with Gasteiger partial charge in [-0.3, -0.25) is 4.57 Å². The van der Waals surface area contributed by atoms with E-state index in [4.69, 9.17) is 5.73 Å². The zero-order valence-electron chi connectivity index (χ0n) is 11.0. The zero-order chi connectivity index (χ0) is 14.0. The summed E-state index contributed by atoms with van der Waals surface area (Å²) in [6.07, 6.45) is 2.15. The molecule has 0 bridgehead atoms. The molecule has 0 fully saturated rings. The summed E-state index contributed by atoms with van der Waals surface area (Å²) in [6.45, 7) is 5.84. The van der Waals surface area contributed by atoms with Crippen LogP contribution in [0.4, 0.5) is 5.82 Å². The summed E-state index contributed by atoms with van der Waals surface area (Å²) >= 11 is 1.32. The van der Waals surface area contributed by atoms with E-state index in [1.165, 1.54) is 18.1 Å². The van der Waals surface area contributed by atoms with Crippen LogP contribution in [0.25, 0.3) is 0 Å². The number of rotatable bonds is 4. The first-order valence-corrected chi connectivity index (χ1v) is 6.80. The highest BCUT2D eigenvalue weighted by Gasteiger charge is 2.16. The van der Waals surface area contributed by atoms with Crippen LogP contribution in [0.2, 0.25) is 0 Å². The summed E-state index contributed by atoms with van der Waals surface area (Å²) in [7, 11) is 0. The molecule has 19 heavy (non-hydrogen) atoms. The molecule has 0 aliphatic rings. The molecule has 0 spiro atoms. The lowest BCUT2D eigenvalue weighted by molar-refractivity contribution is 0.533. The van der Waals surface area contributed by atoms with Crippen LogP contribution >= 0.6 is 11.8 Å². The Hall–Kier alpha value is -1.83. The van der Waals surface area contributed by atoms with Gasteiger partial charge >= 0.3 is 5.69 Å². The highest BCUT2D eigenvalue weighted by atomic mass is 32.2. The molecule has 8 heteroatoms. The number of H-pyrrole nitrogens is 1. The third-order valence-corrected chi connectivity index (χ3v) is 3.68. The first kappa shape index (κ1) is 13.6. The van der Waals surface area contributed by atoms with Gasteiger partial charge in [-0.15, -0.1) is 5.10 Å². The van der Waals surface area contributed by atoms with E-state index in [9.17, 15) is 4.79 Å². The van der Waals surface area contributed by atoms with E-state index in [-0.39, 0.29) is 11.7 Å². The third kappa shape index (κ3) is 2.62. The van der Waals surface area contributed by atoms with Crippen molar-refractivity contribution >= 4 is 17.6 Å². The van der Waals surface area contributed by atoms with Crippen molar-refractivity contribution in [2.75, 3.05) is 5.73 Å². The van der Waals surface area contributed by atoms with Gasteiger partial charge in [-0.05, 0) is 32.0 Å². The SMILES string of the molecule is CCc1c(N)ncnc1Sc1n[nH]c(=O)n1C(C)C. The van der Waals surface area contributed by atoms with Crippen LogP contribution < -0.4 is 11.4 Å². The van der Waals surface area contributed by atoms with Gasteiger partial charge in [0.2, 0.25) is 0 Å². The molecule has 0 aliphatic heterocycles. The van der Waals surface area contributed by atoms with E-state index in [0.29, 0.717) is 11.0 Å². The number of hydrogen-bond acceptors (Lipinski definition) is 6. The van der Waals surface area contributed by atoms with Gasteiger partial charge in [0.15, 0.2) is 5.16 Å². The lowest BCUT2D eigenvalue weighted by Crippen LogP contribution is -2.19. The fraction of sp³-hybridized carbons (Fsp3) is 0.455. The minimum Gasteiger partial charge on any atom is -0.383 e. The smallest absolute Gasteiger partial charge is 0.344 e. The first-order chi connectivity index (χ1) is 9.04. The molecule has 0 unspecified atom stereocenters. The third-order valence-electron chi connectivity index (χ3n) is 2.67. The van der Waals surface area contributed by atoms with Gasteiger partial charge in [0.25, 0.3) is 0 Å². The average Bonchev–Trinajstić information content (AvgIpc) is 2.71. The lowest BCUT2D eigenvalue weighted by Gasteiger charge is -2.10. The van der Waals surface area contributed by atoms with Crippen LogP contribution in [-0.2, 0) is 6.42 Å². The van der Waals surface area contributed by atoms with Crippen molar-refractivity contribution in [3.8, 4) is 0 Å². The fourth-order valence-corrected chi connectivity index (χ4v) is 2.86. The molecule has 0 aromatic carbocycles. The molecule has 0 radical (unpaired) electrons. The van der Waals surface area contributed by atoms with Gasteiger partial charge in [0.1, 0.15) is 17.2 Å². The van der Waals surface area contributed by atoms with Crippen LogP contribution in [0.3, 0.4) is 0 Å². The minimum atomic E-state index is -0.224. The second-order valence-corrected chi connectivity index (χ2v) is 5.23. The van der Waals surface area contributed by atoms with Gasteiger partial charge in [-0.2, -0.15) is 0 Å². The maximum atomic E-state index is 11.7. The van der Waals surface area contributed by atoms with Gasteiger partial charge < -0.3 is 5.73 Å². The highest BCUT2D eigenvalue weighted by molar-refractivity contribution is 7.99. The highest BCUT2D eigenvalue weighted by Crippen LogP contribution is 2.29.